The van der Waals surface area contributed by atoms with E-state index in [4.69, 9.17) is 0 Å². The second-order valence-electron chi connectivity index (χ2n) is 6.99. The second kappa shape index (κ2) is 8.45. The molecule has 2 nitrogen and oxygen atoms in total. The van der Waals surface area contributed by atoms with Gasteiger partial charge in [-0.1, -0.05) is 32.4 Å². The van der Waals surface area contributed by atoms with Crippen molar-refractivity contribution in [2.24, 2.45) is 5.41 Å². The van der Waals surface area contributed by atoms with Crippen LogP contribution in [0.4, 0.5) is 0 Å². The van der Waals surface area contributed by atoms with Gasteiger partial charge in [-0.15, -0.1) is 0 Å². The molecule has 3 heteroatoms. The predicted molar refractivity (Wildman–Crippen MR) is 93.4 cm³/mol. The minimum Gasteiger partial charge on any atom is -0.294 e. The van der Waals surface area contributed by atoms with E-state index in [0.29, 0.717) is 11.6 Å². The lowest BCUT2D eigenvalue weighted by atomic mass is 9.82. The molecule has 20 heavy (non-hydrogen) atoms. The van der Waals surface area contributed by atoms with Crippen molar-refractivity contribution in [2.75, 3.05) is 39.2 Å². The van der Waals surface area contributed by atoms with Crippen LogP contribution in [-0.4, -0.2) is 55.2 Å². The third kappa shape index (κ3) is 5.42. The summed E-state index contributed by atoms with van der Waals surface area (Å²) in [6.07, 6.45) is 8.06. The molecular formula is C17H34N2S. The summed E-state index contributed by atoms with van der Waals surface area (Å²) in [4.78, 5) is 4.90. The highest BCUT2D eigenvalue weighted by Crippen LogP contribution is 2.33. The first-order chi connectivity index (χ1) is 9.38. The Labute approximate surface area is 131 Å². The SMILES string of the molecule is CCCSCCC1=CCC(C)(C)C(N(C)C)N(C)CC1. The van der Waals surface area contributed by atoms with E-state index in [0.717, 1.165) is 0 Å². The summed E-state index contributed by atoms with van der Waals surface area (Å²) in [5.74, 6) is 2.60. The van der Waals surface area contributed by atoms with Crippen LogP contribution in [0.5, 0.6) is 0 Å². The molecule has 1 atom stereocenters. The standard InChI is InChI=1S/C17H34N2S/c1-7-13-20-14-10-15-8-11-17(2,3)16(18(4)5)19(6)12-9-15/h8,16H,7,9-14H2,1-6H3. The van der Waals surface area contributed by atoms with Gasteiger partial charge in [-0.05, 0) is 63.7 Å². The fourth-order valence-electron chi connectivity index (χ4n) is 3.42. The van der Waals surface area contributed by atoms with Crippen LogP contribution in [0.3, 0.4) is 0 Å². The lowest BCUT2D eigenvalue weighted by molar-refractivity contribution is 0.00395. The van der Waals surface area contributed by atoms with Gasteiger partial charge in [0.15, 0.2) is 0 Å². The Morgan fingerprint density at radius 1 is 1.35 bits per heavy atom. The van der Waals surface area contributed by atoms with Crippen molar-refractivity contribution in [3.63, 3.8) is 0 Å². The van der Waals surface area contributed by atoms with Gasteiger partial charge in [0.2, 0.25) is 0 Å². The van der Waals surface area contributed by atoms with Gasteiger partial charge < -0.3 is 0 Å². The van der Waals surface area contributed by atoms with E-state index in [2.05, 4.69) is 69.6 Å². The highest BCUT2D eigenvalue weighted by atomic mass is 32.2. The number of rotatable bonds is 6. The zero-order valence-electron chi connectivity index (χ0n) is 14.4. The lowest BCUT2D eigenvalue weighted by Crippen LogP contribution is -2.52. The van der Waals surface area contributed by atoms with Crippen LogP contribution in [0.15, 0.2) is 11.6 Å². The molecule has 0 saturated carbocycles. The van der Waals surface area contributed by atoms with Gasteiger partial charge in [-0.3, -0.25) is 9.80 Å². The first-order valence-electron chi connectivity index (χ1n) is 8.00. The number of thioether (sulfide) groups is 1. The third-order valence-corrected chi connectivity index (χ3v) is 5.41. The molecule has 0 saturated heterocycles. The summed E-state index contributed by atoms with van der Waals surface area (Å²) in [5.41, 5.74) is 1.98. The van der Waals surface area contributed by atoms with E-state index >= 15 is 0 Å². The van der Waals surface area contributed by atoms with Gasteiger partial charge in [0.1, 0.15) is 0 Å². The van der Waals surface area contributed by atoms with Gasteiger partial charge >= 0.3 is 0 Å². The molecule has 1 rings (SSSR count). The van der Waals surface area contributed by atoms with Crippen molar-refractivity contribution < 1.29 is 0 Å². The van der Waals surface area contributed by atoms with Gasteiger partial charge in [0, 0.05) is 6.54 Å². The van der Waals surface area contributed by atoms with Gasteiger partial charge in [0.05, 0.1) is 6.17 Å². The first-order valence-corrected chi connectivity index (χ1v) is 9.16. The van der Waals surface area contributed by atoms with Crippen LogP contribution >= 0.6 is 11.8 Å². The van der Waals surface area contributed by atoms with Crippen molar-refractivity contribution in [1.29, 1.82) is 0 Å². The van der Waals surface area contributed by atoms with Gasteiger partial charge in [-0.25, -0.2) is 0 Å². The van der Waals surface area contributed by atoms with E-state index in [1.807, 2.05) is 0 Å². The largest absolute Gasteiger partial charge is 0.294 e. The van der Waals surface area contributed by atoms with Crippen molar-refractivity contribution in [2.45, 2.75) is 52.6 Å². The Morgan fingerprint density at radius 2 is 2.05 bits per heavy atom. The van der Waals surface area contributed by atoms with E-state index in [-0.39, 0.29) is 0 Å². The van der Waals surface area contributed by atoms with E-state index < -0.39 is 0 Å². The molecule has 1 aliphatic heterocycles. The van der Waals surface area contributed by atoms with Crippen LogP contribution in [0.1, 0.15) is 46.5 Å². The van der Waals surface area contributed by atoms with Crippen molar-refractivity contribution >= 4 is 11.8 Å². The average molecular weight is 299 g/mol. The molecule has 1 heterocycles. The Kier molecular flexibility index (Phi) is 7.63. The molecule has 118 valence electrons. The second-order valence-corrected chi connectivity index (χ2v) is 8.21. The lowest BCUT2D eigenvalue weighted by Gasteiger charge is -2.45. The fraction of sp³-hybridized carbons (Fsp3) is 0.882. The van der Waals surface area contributed by atoms with E-state index in [1.165, 1.54) is 43.7 Å². The molecule has 0 fully saturated rings. The molecule has 0 aliphatic carbocycles. The summed E-state index contributed by atoms with van der Waals surface area (Å²) in [5, 5.41) is 0. The smallest absolute Gasteiger partial charge is 0.0670 e. The summed E-state index contributed by atoms with van der Waals surface area (Å²) < 4.78 is 0. The van der Waals surface area contributed by atoms with Gasteiger partial charge in [-0.2, -0.15) is 11.8 Å². The predicted octanol–water partition coefficient (Wildman–Crippen LogP) is 4.09. The Bertz CT molecular complexity index is 310. The Balaban J connectivity index is 2.65. The van der Waals surface area contributed by atoms with Crippen LogP contribution in [-0.2, 0) is 0 Å². The molecule has 0 aromatic rings. The highest BCUT2D eigenvalue weighted by Gasteiger charge is 2.34. The fourth-order valence-corrected chi connectivity index (χ4v) is 4.32. The van der Waals surface area contributed by atoms with E-state index in [1.54, 1.807) is 5.57 Å². The van der Waals surface area contributed by atoms with Crippen LogP contribution in [0, 0.1) is 5.41 Å². The molecule has 1 unspecified atom stereocenters. The summed E-state index contributed by atoms with van der Waals surface area (Å²) in [7, 11) is 6.69. The molecular weight excluding hydrogens is 264 g/mol. The van der Waals surface area contributed by atoms with Crippen molar-refractivity contribution in [3.05, 3.63) is 11.6 Å². The number of allylic oxidation sites excluding steroid dienone is 1. The molecule has 0 bridgehead atoms. The minimum atomic E-state index is 0.306. The summed E-state index contributed by atoms with van der Waals surface area (Å²) in [6.45, 7) is 8.25. The number of hydrogen-bond acceptors (Lipinski definition) is 3. The van der Waals surface area contributed by atoms with Crippen LogP contribution < -0.4 is 0 Å². The number of nitrogens with zero attached hydrogens (tertiary/aromatic N) is 2. The van der Waals surface area contributed by atoms with E-state index in [9.17, 15) is 0 Å². The minimum absolute atomic E-state index is 0.306. The van der Waals surface area contributed by atoms with Crippen LogP contribution in [0.25, 0.3) is 0 Å². The molecule has 1 aliphatic rings. The van der Waals surface area contributed by atoms with Gasteiger partial charge in [0.25, 0.3) is 0 Å². The maximum atomic E-state index is 2.54. The maximum absolute atomic E-state index is 2.54. The maximum Gasteiger partial charge on any atom is 0.0670 e. The first kappa shape index (κ1) is 18.1. The normalized spacial score (nSPS) is 24.4. The number of hydrogen-bond donors (Lipinski definition) is 0. The Morgan fingerprint density at radius 3 is 2.65 bits per heavy atom. The monoisotopic (exact) mass is 298 g/mol. The molecule has 0 amide bonds. The molecule has 0 N–H and O–H groups in total. The Hall–Kier alpha value is 0.01000. The topological polar surface area (TPSA) is 6.48 Å². The van der Waals surface area contributed by atoms with Crippen molar-refractivity contribution in [1.82, 2.24) is 9.80 Å². The molecule has 0 spiro atoms. The van der Waals surface area contributed by atoms with Crippen LogP contribution in [0.2, 0.25) is 0 Å². The zero-order valence-corrected chi connectivity index (χ0v) is 15.2. The molecule has 0 aromatic heterocycles. The highest BCUT2D eigenvalue weighted by molar-refractivity contribution is 7.99. The third-order valence-electron chi connectivity index (χ3n) is 4.22. The summed E-state index contributed by atoms with van der Waals surface area (Å²) in [6, 6.07) is 0. The average Bonchev–Trinajstić information content (AvgIpc) is 2.34. The molecule has 0 radical (unpaired) electrons. The summed E-state index contributed by atoms with van der Waals surface area (Å²) >= 11 is 2.10. The quantitative estimate of drug-likeness (QED) is 0.539. The van der Waals surface area contributed by atoms with Crippen molar-refractivity contribution in [3.8, 4) is 0 Å². The zero-order chi connectivity index (χ0) is 15.2. The molecule has 0 aromatic carbocycles.